The molecule has 0 saturated heterocycles. The maximum Gasteiger partial charge on any atom is 0.252 e. The first-order chi connectivity index (χ1) is 10.5. The van der Waals surface area contributed by atoms with Crippen LogP contribution in [0.4, 0.5) is 8.78 Å². The predicted octanol–water partition coefficient (Wildman–Crippen LogP) is 1.79. The Morgan fingerprint density at radius 2 is 1.73 bits per heavy atom. The molecule has 3 N–H and O–H groups in total. The van der Waals surface area contributed by atoms with Crippen LogP contribution in [0.1, 0.15) is 15.9 Å². The smallest absolute Gasteiger partial charge is 0.252 e. The molecule has 0 aromatic heterocycles. The summed E-state index contributed by atoms with van der Waals surface area (Å²) in [6.07, 6.45) is 0.122. The van der Waals surface area contributed by atoms with Crippen LogP contribution in [0.25, 0.3) is 0 Å². The van der Waals surface area contributed by atoms with Crippen LogP contribution in [0.5, 0.6) is 0 Å². The van der Waals surface area contributed by atoms with Gasteiger partial charge >= 0.3 is 0 Å². The lowest BCUT2D eigenvalue weighted by molar-refractivity contribution is -0.119. The Bertz CT molecular complexity index is 687. The highest BCUT2D eigenvalue weighted by Gasteiger charge is 2.19. The normalized spacial score (nSPS) is 11.7. The molecule has 22 heavy (non-hydrogen) atoms. The second-order valence-corrected chi connectivity index (χ2v) is 4.77. The van der Waals surface area contributed by atoms with E-state index in [2.05, 4.69) is 5.32 Å². The third kappa shape index (κ3) is 4.12. The molecule has 0 unspecified atom stereocenters. The predicted molar refractivity (Wildman–Crippen MR) is 77.0 cm³/mol. The zero-order chi connectivity index (χ0) is 16.1. The molecule has 6 heteroatoms. The average molecular weight is 304 g/mol. The summed E-state index contributed by atoms with van der Waals surface area (Å²) in [6.45, 7) is 0. The van der Waals surface area contributed by atoms with Crippen LogP contribution in [0, 0.1) is 11.6 Å². The van der Waals surface area contributed by atoms with Crippen LogP contribution < -0.4 is 11.1 Å². The van der Waals surface area contributed by atoms with Gasteiger partial charge in [-0.05, 0) is 35.9 Å². The number of carbonyl (C=O) groups excluding carboxylic acids is 2. The fourth-order valence-electron chi connectivity index (χ4n) is 1.95. The van der Waals surface area contributed by atoms with E-state index in [-0.39, 0.29) is 12.0 Å². The molecule has 0 aliphatic rings. The standard InChI is InChI=1S/C16H14F2N2O2/c17-12-6-4-10(5-7-12)8-14(15(19)21)20-16(22)11-2-1-3-13(18)9-11/h1-7,9,14H,8H2,(H2,19,21)(H,20,22)/t14-/m1/s1. The van der Waals surface area contributed by atoms with Crippen molar-refractivity contribution in [3.63, 3.8) is 0 Å². The quantitative estimate of drug-likeness (QED) is 0.884. The largest absolute Gasteiger partial charge is 0.368 e. The van der Waals surface area contributed by atoms with E-state index < -0.39 is 29.5 Å². The highest BCUT2D eigenvalue weighted by atomic mass is 19.1. The van der Waals surface area contributed by atoms with E-state index in [1.54, 1.807) is 0 Å². The van der Waals surface area contributed by atoms with Crippen molar-refractivity contribution in [1.82, 2.24) is 5.32 Å². The number of nitrogens with two attached hydrogens (primary N) is 1. The van der Waals surface area contributed by atoms with Crippen molar-refractivity contribution in [2.45, 2.75) is 12.5 Å². The van der Waals surface area contributed by atoms with Gasteiger partial charge in [0, 0.05) is 12.0 Å². The lowest BCUT2D eigenvalue weighted by Gasteiger charge is -2.15. The van der Waals surface area contributed by atoms with E-state index in [9.17, 15) is 18.4 Å². The first kappa shape index (κ1) is 15.6. The zero-order valence-corrected chi connectivity index (χ0v) is 11.6. The molecule has 2 rings (SSSR count). The van der Waals surface area contributed by atoms with Crippen molar-refractivity contribution in [1.29, 1.82) is 0 Å². The maximum atomic E-state index is 13.1. The van der Waals surface area contributed by atoms with E-state index in [0.717, 1.165) is 6.07 Å². The number of nitrogens with one attached hydrogen (secondary N) is 1. The Morgan fingerprint density at radius 3 is 2.32 bits per heavy atom. The van der Waals surface area contributed by atoms with Crippen molar-refractivity contribution in [2.24, 2.45) is 5.73 Å². The molecule has 1 atom stereocenters. The van der Waals surface area contributed by atoms with Crippen LogP contribution in [-0.4, -0.2) is 17.9 Å². The Kier molecular flexibility index (Phi) is 4.83. The number of amides is 2. The number of carbonyl (C=O) groups is 2. The van der Waals surface area contributed by atoms with E-state index in [0.29, 0.717) is 5.56 Å². The first-order valence-electron chi connectivity index (χ1n) is 6.56. The van der Waals surface area contributed by atoms with E-state index >= 15 is 0 Å². The van der Waals surface area contributed by atoms with Gasteiger partial charge in [0.15, 0.2) is 0 Å². The fraction of sp³-hybridized carbons (Fsp3) is 0.125. The summed E-state index contributed by atoms with van der Waals surface area (Å²) in [5, 5.41) is 2.45. The Balaban J connectivity index is 2.10. The van der Waals surface area contributed by atoms with E-state index in [1.165, 1.54) is 42.5 Å². The molecule has 0 saturated carbocycles. The van der Waals surface area contributed by atoms with Gasteiger partial charge in [0.25, 0.3) is 5.91 Å². The van der Waals surface area contributed by atoms with Gasteiger partial charge in [-0.15, -0.1) is 0 Å². The molecule has 0 radical (unpaired) electrons. The number of hydrogen-bond acceptors (Lipinski definition) is 2. The summed E-state index contributed by atoms with van der Waals surface area (Å²) in [6, 6.07) is 9.62. The van der Waals surface area contributed by atoms with Crippen molar-refractivity contribution >= 4 is 11.8 Å². The van der Waals surface area contributed by atoms with Crippen LogP contribution in [0.3, 0.4) is 0 Å². The molecule has 2 amide bonds. The van der Waals surface area contributed by atoms with Gasteiger partial charge in [-0.1, -0.05) is 18.2 Å². The monoisotopic (exact) mass is 304 g/mol. The minimum Gasteiger partial charge on any atom is -0.368 e. The lowest BCUT2D eigenvalue weighted by atomic mass is 10.0. The third-order valence-electron chi connectivity index (χ3n) is 3.09. The van der Waals surface area contributed by atoms with Gasteiger partial charge < -0.3 is 11.1 Å². The molecule has 0 aliphatic carbocycles. The van der Waals surface area contributed by atoms with Gasteiger partial charge in [-0.25, -0.2) is 8.78 Å². The third-order valence-corrected chi connectivity index (χ3v) is 3.09. The fourth-order valence-corrected chi connectivity index (χ4v) is 1.95. The summed E-state index contributed by atoms with van der Waals surface area (Å²) in [7, 11) is 0. The molecule has 0 fully saturated rings. The molecule has 2 aromatic carbocycles. The molecule has 0 bridgehead atoms. The Labute approximate surface area is 125 Å². The summed E-state index contributed by atoms with van der Waals surface area (Å²) in [5.74, 6) is -2.29. The van der Waals surface area contributed by atoms with Crippen LogP contribution >= 0.6 is 0 Å². The minimum atomic E-state index is -0.971. The lowest BCUT2D eigenvalue weighted by Crippen LogP contribution is -2.45. The van der Waals surface area contributed by atoms with Gasteiger partial charge in [0.1, 0.15) is 17.7 Å². The van der Waals surface area contributed by atoms with Crippen molar-refractivity contribution < 1.29 is 18.4 Å². The second kappa shape index (κ2) is 6.80. The number of halogens is 2. The van der Waals surface area contributed by atoms with Crippen molar-refractivity contribution in [3.8, 4) is 0 Å². The molecular weight excluding hydrogens is 290 g/mol. The Morgan fingerprint density at radius 1 is 1.05 bits per heavy atom. The van der Waals surface area contributed by atoms with E-state index in [4.69, 9.17) is 5.73 Å². The van der Waals surface area contributed by atoms with Crippen LogP contribution in [0.2, 0.25) is 0 Å². The Hall–Kier alpha value is -2.76. The number of rotatable bonds is 5. The van der Waals surface area contributed by atoms with Crippen LogP contribution in [-0.2, 0) is 11.2 Å². The topological polar surface area (TPSA) is 72.2 Å². The molecule has 0 aliphatic heterocycles. The average Bonchev–Trinajstić information content (AvgIpc) is 2.48. The van der Waals surface area contributed by atoms with Gasteiger partial charge in [-0.3, -0.25) is 9.59 Å². The van der Waals surface area contributed by atoms with Gasteiger partial charge in [-0.2, -0.15) is 0 Å². The molecule has 2 aromatic rings. The first-order valence-corrected chi connectivity index (χ1v) is 6.56. The summed E-state index contributed by atoms with van der Waals surface area (Å²) in [5.41, 5.74) is 6.00. The van der Waals surface area contributed by atoms with Crippen molar-refractivity contribution in [3.05, 3.63) is 71.3 Å². The minimum absolute atomic E-state index is 0.0883. The van der Waals surface area contributed by atoms with Crippen molar-refractivity contribution in [2.75, 3.05) is 0 Å². The number of benzene rings is 2. The number of primary amides is 1. The number of hydrogen-bond donors (Lipinski definition) is 2. The molecule has 114 valence electrons. The van der Waals surface area contributed by atoms with Crippen LogP contribution in [0.15, 0.2) is 48.5 Å². The highest BCUT2D eigenvalue weighted by Crippen LogP contribution is 2.08. The summed E-state index contributed by atoms with van der Waals surface area (Å²) >= 11 is 0. The molecule has 0 heterocycles. The summed E-state index contributed by atoms with van der Waals surface area (Å²) < 4.78 is 26.0. The second-order valence-electron chi connectivity index (χ2n) is 4.77. The van der Waals surface area contributed by atoms with E-state index in [1.807, 2.05) is 0 Å². The SMILES string of the molecule is NC(=O)[C@@H](Cc1ccc(F)cc1)NC(=O)c1cccc(F)c1. The van der Waals surface area contributed by atoms with Gasteiger partial charge in [0.05, 0.1) is 0 Å². The highest BCUT2D eigenvalue weighted by molar-refractivity contribution is 5.97. The molecule has 0 spiro atoms. The maximum absolute atomic E-state index is 13.1. The zero-order valence-electron chi connectivity index (χ0n) is 11.6. The molecular formula is C16H14F2N2O2. The summed E-state index contributed by atoms with van der Waals surface area (Å²) in [4.78, 5) is 23.5. The van der Waals surface area contributed by atoms with Gasteiger partial charge in [0.2, 0.25) is 5.91 Å². The molecule has 4 nitrogen and oxygen atoms in total.